The standard InChI is InChI=1S/C24H26ClN3O6S/c1-5-34-20(29)12-26-23(30)15(4)27-24(31)21-22(18-11-16(25)6-7-19(18)28-21)35(32,33)17-9-13(2)8-14(3)10-17/h6-11,15,28H,5,12H2,1-4H3,(H,26,30)(H,27,31). The molecule has 0 spiro atoms. The van der Waals surface area contributed by atoms with E-state index in [2.05, 4.69) is 15.6 Å². The first-order chi connectivity index (χ1) is 16.4. The van der Waals surface area contributed by atoms with E-state index >= 15 is 0 Å². The Morgan fingerprint density at radius 2 is 1.74 bits per heavy atom. The molecule has 3 aromatic rings. The number of fused-ring (bicyclic) bond motifs is 1. The van der Waals surface area contributed by atoms with E-state index in [1.165, 1.54) is 25.1 Å². The molecule has 0 bridgehead atoms. The minimum Gasteiger partial charge on any atom is -0.465 e. The summed E-state index contributed by atoms with van der Waals surface area (Å²) in [4.78, 5) is 39.6. The maximum atomic E-state index is 13.7. The number of hydrogen-bond donors (Lipinski definition) is 3. The van der Waals surface area contributed by atoms with Gasteiger partial charge in [0, 0.05) is 15.9 Å². The number of carbonyl (C=O) groups excluding carboxylic acids is 3. The highest BCUT2D eigenvalue weighted by Crippen LogP contribution is 2.34. The van der Waals surface area contributed by atoms with Gasteiger partial charge >= 0.3 is 5.97 Å². The van der Waals surface area contributed by atoms with Gasteiger partial charge in [-0.05, 0) is 69.2 Å². The van der Waals surface area contributed by atoms with Gasteiger partial charge in [-0.2, -0.15) is 0 Å². The van der Waals surface area contributed by atoms with Gasteiger partial charge in [-0.15, -0.1) is 0 Å². The number of ether oxygens (including phenoxy) is 1. The molecule has 2 amide bonds. The molecule has 0 saturated heterocycles. The summed E-state index contributed by atoms with van der Waals surface area (Å²) in [6.07, 6.45) is 0. The van der Waals surface area contributed by atoms with Crippen LogP contribution in [-0.4, -0.2) is 50.4 Å². The van der Waals surface area contributed by atoms with Gasteiger partial charge in [0.1, 0.15) is 23.2 Å². The molecule has 1 aromatic heterocycles. The SMILES string of the molecule is CCOC(=O)CNC(=O)C(C)NC(=O)c1[nH]c2ccc(Cl)cc2c1S(=O)(=O)c1cc(C)cc(C)c1. The van der Waals surface area contributed by atoms with Gasteiger partial charge in [-0.1, -0.05) is 17.7 Å². The molecule has 35 heavy (non-hydrogen) atoms. The van der Waals surface area contributed by atoms with Crippen LogP contribution >= 0.6 is 11.6 Å². The van der Waals surface area contributed by atoms with Gasteiger partial charge < -0.3 is 20.4 Å². The van der Waals surface area contributed by atoms with Crippen LogP contribution in [0, 0.1) is 13.8 Å². The molecule has 0 saturated carbocycles. The smallest absolute Gasteiger partial charge is 0.325 e. The van der Waals surface area contributed by atoms with E-state index in [1.54, 1.807) is 32.9 Å². The summed E-state index contributed by atoms with van der Waals surface area (Å²) in [6.45, 7) is 6.42. The number of carbonyl (C=O) groups is 3. The predicted molar refractivity (Wildman–Crippen MR) is 131 cm³/mol. The Bertz CT molecular complexity index is 1390. The molecule has 0 fully saturated rings. The lowest BCUT2D eigenvalue weighted by atomic mass is 10.2. The number of H-pyrrole nitrogens is 1. The Hall–Kier alpha value is -3.37. The van der Waals surface area contributed by atoms with Crippen LogP contribution in [0.4, 0.5) is 0 Å². The van der Waals surface area contributed by atoms with Gasteiger partial charge in [0.25, 0.3) is 5.91 Å². The van der Waals surface area contributed by atoms with Crippen LogP contribution in [0.25, 0.3) is 10.9 Å². The second-order valence-corrected chi connectivity index (χ2v) is 10.4. The summed E-state index contributed by atoms with van der Waals surface area (Å²) in [5, 5.41) is 5.40. The van der Waals surface area contributed by atoms with E-state index in [4.69, 9.17) is 16.3 Å². The molecular formula is C24H26ClN3O6S. The van der Waals surface area contributed by atoms with Crippen LogP contribution in [0.3, 0.4) is 0 Å². The number of nitrogens with one attached hydrogen (secondary N) is 3. The molecule has 3 rings (SSSR count). The summed E-state index contributed by atoms with van der Waals surface area (Å²) >= 11 is 6.13. The Labute approximate surface area is 208 Å². The largest absolute Gasteiger partial charge is 0.465 e. The van der Waals surface area contributed by atoms with Crippen molar-refractivity contribution >= 4 is 50.1 Å². The number of sulfone groups is 1. The zero-order valence-corrected chi connectivity index (χ0v) is 21.3. The van der Waals surface area contributed by atoms with Crippen molar-refractivity contribution in [3.63, 3.8) is 0 Å². The van der Waals surface area contributed by atoms with E-state index in [-0.39, 0.29) is 34.0 Å². The number of amides is 2. The Kier molecular flexibility index (Phi) is 7.86. The lowest BCUT2D eigenvalue weighted by molar-refractivity contribution is -0.143. The molecule has 0 radical (unpaired) electrons. The number of hydrogen-bond acceptors (Lipinski definition) is 6. The average molecular weight is 520 g/mol. The van der Waals surface area contributed by atoms with Gasteiger partial charge in [0.2, 0.25) is 15.7 Å². The Morgan fingerprint density at radius 1 is 1.09 bits per heavy atom. The number of rotatable bonds is 8. The molecule has 2 aromatic carbocycles. The lowest BCUT2D eigenvalue weighted by Crippen LogP contribution is -2.46. The van der Waals surface area contributed by atoms with Gasteiger partial charge in [-0.25, -0.2) is 8.42 Å². The van der Waals surface area contributed by atoms with Crippen LogP contribution in [0.5, 0.6) is 0 Å². The van der Waals surface area contributed by atoms with Crippen molar-refractivity contribution < 1.29 is 27.5 Å². The summed E-state index contributed by atoms with van der Waals surface area (Å²) in [7, 11) is -4.16. The van der Waals surface area contributed by atoms with Gasteiger partial charge in [0.05, 0.1) is 11.5 Å². The van der Waals surface area contributed by atoms with Crippen LogP contribution < -0.4 is 10.6 Å². The molecule has 0 aliphatic rings. The summed E-state index contributed by atoms with van der Waals surface area (Å²) < 4.78 is 32.2. The molecule has 9 nitrogen and oxygen atoms in total. The monoisotopic (exact) mass is 519 g/mol. The van der Waals surface area contributed by atoms with Crippen molar-refractivity contribution in [2.24, 2.45) is 0 Å². The fourth-order valence-corrected chi connectivity index (χ4v) is 5.60. The average Bonchev–Trinajstić information content (AvgIpc) is 3.16. The van der Waals surface area contributed by atoms with E-state index in [0.717, 1.165) is 11.1 Å². The summed E-state index contributed by atoms with van der Waals surface area (Å²) in [5.74, 6) is -2.06. The zero-order chi connectivity index (χ0) is 25.9. The third kappa shape index (κ3) is 5.83. The first kappa shape index (κ1) is 26.2. The number of aromatic nitrogens is 1. The molecule has 11 heteroatoms. The second-order valence-electron chi connectivity index (χ2n) is 8.06. The molecule has 0 aliphatic heterocycles. The zero-order valence-electron chi connectivity index (χ0n) is 19.7. The van der Waals surface area contributed by atoms with Crippen LogP contribution in [0.1, 0.15) is 35.5 Å². The van der Waals surface area contributed by atoms with Gasteiger partial charge in [0.15, 0.2) is 0 Å². The second kappa shape index (κ2) is 10.5. The number of esters is 1. The number of halogens is 1. The number of benzene rings is 2. The molecule has 186 valence electrons. The highest BCUT2D eigenvalue weighted by atomic mass is 35.5. The fourth-order valence-electron chi connectivity index (χ4n) is 3.64. The fraction of sp³-hybridized carbons (Fsp3) is 0.292. The van der Waals surface area contributed by atoms with Crippen molar-refractivity contribution in [3.05, 3.63) is 58.2 Å². The van der Waals surface area contributed by atoms with E-state index in [9.17, 15) is 22.8 Å². The van der Waals surface area contributed by atoms with E-state index < -0.39 is 33.7 Å². The molecule has 1 atom stereocenters. The van der Waals surface area contributed by atoms with Crippen LogP contribution in [0.2, 0.25) is 5.02 Å². The maximum absolute atomic E-state index is 13.7. The number of aromatic amines is 1. The Balaban J connectivity index is 2.00. The minimum absolute atomic E-state index is 0.0325. The highest BCUT2D eigenvalue weighted by molar-refractivity contribution is 7.91. The maximum Gasteiger partial charge on any atom is 0.325 e. The molecule has 0 aliphatic carbocycles. The molecule has 3 N–H and O–H groups in total. The van der Waals surface area contributed by atoms with E-state index in [0.29, 0.717) is 10.5 Å². The van der Waals surface area contributed by atoms with Crippen molar-refractivity contribution in [2.75, 3.05) is 13.2 Å². The highest BCUT2D eigenvalue weighted by Gasteiger charge is 2.31. The summed E-state index contributed by atoms with van der Waals surface area (Å²) in [5.41, 5.74) is 1.66. The first-order valence-corrected chi connectivity index (χ1v) is 12.7. The predicted octanol–water partition coefficient (Wildman–Crippen LogP) is 3.07. The summed E-state index contributed by atoms with van der Waals surface area (Å²) in [6, 6.07) is 8.44. The minimum atomic E-state index is -4.16. The van der Waals surface area contributed by atoms with Crippen molar-refractivity contribution in [2.45, 2.75) is 43.5 Å². The molecular weight excluding hydrogens is 494 g/mol. The topological polar surface area (TPSA) is 134 Å². The van der Waals surface area contributed by atoms with Crippen LogP contribution in [0.15, 0.2) is 46.2 Å². The van der Waals surface area contributed by atoms with E-state index in [1.807, 2.05) is 6.07 Å². The van der Waals surface area contributed by atoms with Crippen molar-refractivity contribution in [1.29, 1.82) is 0 Å². The first-order valence-electron chi connectivity index (χ1n) is 10.8. The Morgan fingerprint density at radius 3 is 2.37 bits per heavy atom. The van der Waals surface area contributed by atoms with Crippen LogP contribution in [-0.2, 0) is 24.2 Å². The lowest BCUT2D eigenvalue weighted by Gasteiger charge is -2.14. The number of aryl methyl sites for hydroxylation is 2. The van der Waals surface area contributed by atoms with Gasteiger partial charge in [-0.3, -0.25) is 14.4 Å². The van der Waals surface area contributed by atoms with Crippen molar-refractivity contribution in [3.8, 4) is 0 Å². The molecule has 1 heterocycles. The normalized spacial score (nSPS) is 12.3. The third-order valence-electron chi connectivity index (χ3n) is 5.17. The third-order valence-corrected chi connectivity index (χ3v) is 7.22. The molecule has 1 unspecified atom stereocenters. The quantitative estimate of drug-likeness (QED) is 0.391. The van der Waals surface area contributed by atoms with Crippen molar-refractivity contribution in [1.82, 2.24) is 15.6 Å².